The predicted molar refractivity (Wildman–Crippen MR) is 69.4 cm³/mol. The fraction of sp³-hybridized carbons (Fsp3) is 0.600. The highest BCUT2D eigenvalue weighted by Gasteiger charge is 2.31. The lowest BCUT2D eigenvalue weighted by atomic mass is 9.95. The average molecular weight is 234 g/mol. The van der Waals surface area contributed by atoms with E-state index in [4.69, 9.17) is 4.74 Å². The van der Waals surface area contributed by atoms with Gasteiger partial charge in [-0.15, -0.1) is 0 Å². The molecule has 1 aliphatic carbocycles. The second-order valence-corrected chi connectivity index (χ2v) is 4.90. The highest BCUT2D eigenvalue weighted by Crippen LogP contribution is 2.42. The molecule has 0 spiro atoms. The highest BCUT2D eigenvalue weighted by atomic mass is 16.5. The van der Waals surface area contributed by atoms with Crippen LogP contribution in [0.25, 0.3) is 0 Å². The SMILES string of the molecule is CCCCOc1cccc([C@@H](CO)C2CC2)c1. The summed E-state index contributed by atoms with van der Waals surface area (Å²) in [5.41, 5.74) is 1.23. The van der Waals surface area contributed by atoms with Crippen molar-refractivity contribution >= 4 is 0 Å². The van der Waals surface area contributed by atoms with Gasteiger partial charge in [-0.3, -0.25) is 0 Å². The number of aliphatic hydroxyl groups is 1. The number of aliphatic hydroxyl groups excluding tert-OH is 1. The monoisotopic (exact) mass is 234 g/mol. The van der Waals surface area contributed by atoms with Gasteiger partial charge in [0.1, 0.15) is 5.75 Å². The van der Waals surface area contributed by atoms with E-state index in [1.807, 2.05) is 12.1 Å². The van der Waals surface area contributed by atoms with E-state index in [-0.39, 0.29) is 6.61 Å². The summed E-state index contributed by atoms with van der Waals surface area (Å²) in [5.74, 6) is 1.94. The number of hydrogen-bond donors (Lipinski definition) is 1. The molecule has 1 aromatic rings. The summed E-state index contributed by atoms with van der Waals surface area (Å²) in [6.45, 7) is 3.20. The van der Waals surface area contributed by atoms with Crippen LogP contribution < -0.4 is 4.74 Å². The van der Waals surface area contributed by atoms with E-state index >= 15 is 0 Å². The van der Waals surface area contributed by atoms with Crippen LogP contribution in [0.4, 0.5) is 0 Å². The van der Waals surface area contributed by atoms with Crippen molar-refractivity contribution in [1.29, 1.82) is 0 Å². The Kier molecular flexibility index (Phi) is 4.43. The van der Waals surface area contributed by atoms with Gasteiger partial charge in [0.15, 0.2) is 0 Å². The second kappa shape index (κ2) is 6.06. The molecule has 0 bridgehead atoms. The minimum atomic E-state index is 0.253. The number of ether oxygens (including phenoxy) is 1. The number of rotatable bonds is 7. The van der Waals surface area contributed by atoms with Crippen molar-refractivity contribution in [2.24, 2.45) is 5.92 Å². The molecule has 0 aromatic heterocycles. The molecule has 0 saturated heterocycles. The van der Waals surface area contributed by atoms with Crippen molar-refractivity contribution in [3.8, 4) is 5.75 Å². The summed E-state index contributed by atoms with van der Waals surface area (Å²) in [4.78, 5) is 0. The smallest absolute Gasteiger partial charge is 0.119 e. The molecule has 0 aliphatic heterocycles. The van der Waals surface area contributed by atoms with Gasteiger partial charge in [0.2, 0.25) is 0 Å². The Hall–Kier alpha value is -1.02. The minimum absolute atomic E-state index is 0.253. The van der Waals surface area contributed by atoms with Gasteiger partial charge in [-0.25, -0.2) is 0 Å². The normalized spacial score (nSPS) is 16.8. The molecule has 94 valence electrons. The zero-order valence-electron chi connectivity index (χ0n) is 10.6. The molecule has 0 amide bonds. The third-order valence-electron chi connectivity index (χ3n) is 3.44. The molecule has 2 nitrogen and oxygen atoms in total. The van der Waals surface area contributed by atoms with Crippen LogP contribution in [0.1, 0.15) is 44.1 Å². The zero-order valence-corrected chi connectivity index (χ0v) is 10.6. The van der Waals surface area contributed by atoms with Crippen LogP contribution >= 0.6 is 0 Å². The van der Waals surface area contributed by atoms with Crippen LogP contribution in [-0.4, -0.2) is 18.3 Å². The number of hydrogen-bond acceptors (Lipinski definition) is 2. The Labute approximate surface area is 104 Å². The van der Waals surface area contributed by atoms with Crippen molar-refractivity contribution in [1.82, 2.24) is 0 Å². The molecule has 2 rings (SSSR count). The zero-order chi connectivity index (χ0) is 12.1. The maximum atomic E-state index is 9.45. The summed E-state index contributed by atoms with van der Waals surface area (Å²) in [6.07, 6.45) is 4.76. The molecule has 1 fully saturated rings. The van der Waals surface area contributed by atoms with Crippen LogP contribution in [0.5, 0.6) is 5.75 Å². The molecular weight excluding hydrogens is 212 g/mol. The Balaban J connectivity index is 1.99. The summed E-state index contributed by atoms with van der Waals surface area (Å²) < 4.78 is 5.70. The minimum Gasteiger partial charge on any atom is -0.494 e. The van der Waals surface area contributed by atoms with Crippen molar-refractivity contribution in [3.05, 3.63) is 29.8 Å². The molecule has 1 aliphatic rings. The van der Waals surface area contributed by atoms with E-state index in [0.717, 1.165) is 25.2 Å². The summed E-state index contributed by atoms with van der Waals surface area (Å²) >= 11 is 0. The average Bonchev–Trinajstić information content (AvgIpc) is 3.16. The van der Waals surface area contributed by atoms with Crippen LogP contribution in [0.2, 0.25) is 0 Å². The van der Waals surface area contributed by atoms with Gasteiger partial charge in [0.25, 0.3) is 0 Å². The third kappa shape index (κ3) is 3.47. The van der Waals surface area contributed by atoms with Crippen molar-refractivity contribution in [2.45, 2.75) is 38.5 Å². The van der Waals surface area contributed by atoms with Crippen molar-refractivity contribution in [2.75, 3.05) is 13.2 Å². The van der Waals surface area contributed by atoms with E-state index < -0.39 is 0 Å². The third-order valence-corrected chi connectivity index (χ3v) is 3.44. The van der Waals surface area contributed by atoms with Crippen LogP contribution in [0, 0.1) is 5.92 Å². The Morgan fingerprint density at radius 2 is 2.24 bits per heavy atom. The topological polar surface area (TPSA) is 29.5 Å². The molecule has 2 heteroatoms. The van der Waals surface area contributed by atoms with E-state index in [2.05, 4.69) is 19.1 Å². The quantitative estimate of drug-likeness (QED) is 0.733. The Bertz CT molecular complexity index is 345. The molecule has 0 heterocycles. The highest BCUT2D eigenvalue weighted by molar-refractivity contribution is 5.32. The fourth-order valence-electron chi connectivity index (χ4n) is 2.19. The summed E-state index contributed by atoms with van der Waals surface area (Å²) in [6, 6.07) is 8.23. The molecule has 1 atom stereocenters. The van der Waals surface area contributed by atoms with Gasteiger partial charge in [-0.05, 0) is 42.9 Å². The first kappa shape index (κ1) is 12.4. The molecule has 1 saturated carbocycles. The van der Waals surface area contributed by atoms with Gasteiger partial charge in [-0.2, -0.15) is 0 Å². The Morgan fingerprint density at radius 3 is 2.88 bits per heavy atom. The van der Waals surface area contributed by atoms with Crippen molar-refractivity contribution < 1.29 is 9.84 Å². The van der Waals surface area contributed by atoms with E-state index in [1.54, 1.807) is 0 Å². The van der Waals surface area contributed by atoms with Gasteiger partial charge < -0.3 is 9.84 Å². The van der Waals surface area contributed by atoms with Gasteiger partial charge >= 0.3 is 0 Å². The molecule has 1 aromatic carbocycles. The number of benzene rings is 1. The largest absolute Gasteiger partial charge is 0.494 e. The maximum Gasteiger partial charge on any atom is 0.119 e. The van der Waals surface area contributed by atoms with Crippen molar-refractivity contribution in [3.63, 3.8) is 0 Å². The summed E-state index contributed by atoms with van der Waals surface area (Å²) in [7, 11) is 0. The van der Waals surface area contributed by atoms with Gasteiger partial charge in [-0.1, -0.05) is 25.5 Å². The first-order chi connectivity index (χ1) is 8.35. The summed E-state index contributed by atoms with van der Waals surface area (Å²) in [5, 5.41) is 9.45. The first-order valence-corrected chi connectivity index (χ1v) is 6.68. The molecule has 0 radical (unpaired) electrons. The molecule has 1 N–H and O–H groups in total. The standard InChI is InChI=1S/C15H22O2/c1-2-3-9-17-14-6-4-5-13(10-14)15(11-16)12-7-8-12/h4-6,10,12,15-16H,2-3,7-9,11H2,1H3/t15-/m0/s1. The van der Waals surface area contributed by atoms with Crippen LogP contribution in [-0.2, 0) is 0 Å². The maximum absolute atomic E-state index is 9.45. The molecule has 0 unspecified atom stereocenters. The van der Waals surface area contributed by atoms with E-state index in [9.17, 15) is 5.11 Å². The lowest BCUT2D eigenvalue weighted by Crippen LogP contribution is -2.06. The lowest BCUT2D eigenvalue weighted by molar-refractivity contribution is 0.252. The fourth-order valence-corrected chi connectivity index (χ4v) is 2.19. The van der Waals surface area contributed by atoms with Gasteiger partial charge in [0, 0.05) is 5.92 Å². The predicted octanol–water partition coefficient (Wildman–Crippen LogP) is 3.35. The van der Waals surface area contributed by atoms with Gasteiger partial charge in [0.05, 0.1) is 13.2 Å². The lowest BCUT2D eigenvalue weighted by Gasteiger charge is -2.15. The molecule has 17 heavy (non-hydrogen) atoms. The first-order valence-electron chi connectivity index (χ1n) is 6.68. The Morgan fingerprint density at radius 1 is 1.41 bits per heavy atom. The van der Waals surface area contributed by atoms with E-state index in [1.165, 1.54) is 18.4 Å². The second-order valence-electron chi connectivity index (χ2n) is 4.90. The van der Waals surface area contributed by atoms with Crippen LogP contribution in [0.15, 0.2) is 24.3 Å². The van der Waals surface area contributed by atoms with E-state index in [0.29, 0.717) is 11.8 Å². The van der Waals surface area contributed by atoms with Crippen LogP contribution in [0.3, 0.4) is 0 Å². The molecular formula is C15H22O2. The number of unbranched alkanes of at least 4 members (excludes halogenated alkanes) is 1.